The maximum atomic E-state index is 13.0. The topological polar surface area (TPSA) is 101 Å². The van der Waals surface area contributed by atoms with E-state index in [4.69, 9.17) is 4.74 Å². The summed E-state index contributed by atoms with van der Waals surface area (Å²) in [6, 6.07) is 13.4. The van der Waals surface area contributed by atoms with Gasteiger partial charge in [-0.1, -0.05) is 12.1 Å². The number of anilines is 1. The molecule has 0 saturated heterocycles. The van der Waals surface area contributed by atoms with Crippen LogP contribution in [-0.2, 0) is 10.1 Å². The Morgan fingerprint density at radius 2 is 1.52 bits per heavy atom. The molecule has 0 aromatic heterocycles. The molecule has 0 spiro atoms. The van der Waals surface area contributed by atoms with Crippen LogP contribution in [-0.4, -0.2) is 31.9 Å². The van der Waals surface area contributed by atoms with E-state index >= 15 is 0 Å². The lowest BCUT2D eigenvalue weighted by molar-refractivity contribution is 0.0893. The third-order valence-corrected chi connectivity index (χ3v) is 5.39. The van der Waals surface area contributed by atoms with E-state index in [1.807, 2.05) is 0 Å². The molecule has 0 aliphatic carbocycles. The molecule has 1 heterocycles. The normalized spacial score (nSPS) is 13.9. The molecule has 1 aliphatic rings. The Bertz CT molecular complexity index is 1190. The zero-order valence-corrected chi connectivity index (χ0v) is 14.9. The van der Waals surface area contributed by atoms with Gasteiger partial charge in [-0.25, -0.2) is 4.90 Å². The third-order valence-electron chi connectivity index (χ3n) is 4.48. The number of imide groups is 1. The van der Waals surface area contributed by atoms with Crippen molar-refractivity contribution in [3.63, 3.8) is 0 Å². The molecule has 4 rings (SSSR count). The molecule has 0 fully saturated rings. The van der Waals surface area contributed by atoms with E-state index in [0.717, 1.165) is 11.0 Å². The Morgan fingerprint density at radius 1 is 0.889 bits per heavy atom. The highest BCUT2D eigenvalue weighted by atomic mass is 32.2. The molecule has 1 aliphatic heterocycles. The highest BCUT2D eigenvalue weighted by Crippen LogP contribution is 2.36. The van der Waals surface area contributed by atoms with Crippen molar-refractivity contribution in [1.82, 2.24) is 0 Å². The van der Waals surface area contributed by atoms with Crippen molar-refractivity contribution in [1.29, 1.82) is 0 Å². The molecular formula is C19H13NO6S. The van der Waals surface area contributed by atoms with Crippen molar-refractivity contribution in [3.8, 4) is 5.75 Å². The predicted molar refractivity (Wildman–Crippen MR) is 97.9 cm³/mol. The van der Waals surface area contributed by atoms with Crippen LogP contribution in [0.3, 0.4) is 0 Å². The number of carbonyl (C=O) groups is 2. The smallest absolute Gasteiger partial charge is 0.295 e. The molecule has 0 bridgehead atoms. The second kappa shape index (κ2) is 5.90. The average molecular weight is 383 g/mol. The number of methoxy groups -OCH3 is 1. The quantitative estimate of drug-likeness (QED) is 0.551. The predicted octanol–water partition coefficient (Wildman–Crippen LogP) is 2.90. The second-order valence-corrected chi connectivity index (χ2v) is 7.35. The Kier molecular flexibility index (Phi) is 3.76. The minimum atomic E-state index is -4.51. The summed E-state index contributed by atoms with van der Waals surface area (Å²) in [7, 11) is -3.00. The highest BCUT2D eigenvalue weighted by Gasteiger charge is 2.35. The van der Waals surface area contributed by atoms with Gasteiger partial charge in [-0.05, 0) is 42.5 Å². The summed E-state index contributed by atoms with van der Waals surface area (Å²) in [5, 5.41) is 0.343. The summed E-state index contributed by atoms with van der Waals surface area (Å²) in [5.74, 6) is -0.567. The van der Waals surface area contributed by atoms with Crippen LogP contribution in [0.1, 0.15) is 20.7 Å². The minimum absolute atomic E-state index is 0.128. The maximum absolute atomic E-state index is 13.0. The lowest BCUT2D eigenvalue weighted by Crippen LogP contribution is -2.40. The van der Waals surface area contributed by atoms with Gasteiger partial charge >= 0.3 is 0 Å². The van der Waals surface area contributed by atoms with Crippen molar-refractivity contribution in [2.75, 3.05) is 12.0 Å². The van der Waals surface area contributed by atoms with Crippen LogP contribution in [0.4, 0.5) is 5.69 Å². The summed E-state index contributed by atoms with van der Waals surface area (Å²) in [4.78, 5) is 26.7. The van der Waals surface area contributed by atoms with Crippen LogP contribution in [0.25, 0.3) is 10.8 Å². The number of benzene rings is 3. The Labute approximate surface area is 154 Å². The number of amides is 2. The van der Waals surface area contributed by atoms with E-state index in [1.54, 1.807) is 24.3 Å². The molecule has 1 N–H and O–H groups in total. The molecule has 0 radical (unpaired) electrons. The van der Waals surface area contributed by atoms with Gasteiger partial charge in [0.25, 0.3) is 21.9 Å². The highest BCUT2D eigenvalue weighted by molar-refractivity contribution is 7.86. The summed E-state index contributed by atoms with van der Waals surface area (Å²) in [5.41, 5.74) is 0.735. The molecule has 0 atom stereocenters. The van der Waals surface area contributed by atoms with E-state index < -0.39 is 21.9 Å². The fourth-order valence-corrected chi connectivity index (χ4v) is 3.95. The fourth-order valence-electron chi connectivity index (χ4n) is 3.26. The Balaban J connectivity index is 1.96. The van der Waals surface area contributed by atoms with Crippen molar-refractivity contribution < 1.29 is 27.3 Å². The number of hydrogen-bond donors (Lipinski definition) is 1. The maximum Gasteiger partial charge on any atom is 0.295 e. The molecule has 2 amide bonds. The number of carbonyl (C=O) groups excluding carboxylic acids is 2. The lowest BCUT2D eigenvalue weighted by Gasteiger charge is -2.27. The number of ether oxygens (including phenoxy) is 1. The Morgan fingerprint density at radius 3 is 2.11 bits per heavy atom. The van der Waals surface area contributed by atoms with Crippen LogP contribution in [0.2, 0.25) is 0 Å². The third kappa shape index (κ3) is 2.57. The van der Waals surface area contributed by atoms with Gasteiger partial charge in [0.1, 0.15) is 10.6 Å². The van der Waals surface area contributed by atoms with Crippen molar-refractivity contribution in [3.05, 3.63) is 65.7 Å². The lowest BCUT2D eigenvalue weighted by atomic mass is 9.93. The molecule has 0 unspecified atom stereocenters. The number of hydrogen-bond acceptors (Lipinski definition) is 5. The zero-order chi connectivity index (χ0) is 19.3. The molecule has 3 aromatic rings. The minimum Gasteiger partial charge on any atom is -0.497 e. The first kappa shape index (κ1) is 17.2. The summed E-state index contributed by atoms with van der Waals surface area (Å²) >= 11 is 0. The molecule has 8 heteroatoms. The fraction of sp³-hybridized carbons (Fsp3) is 0.0526. The summed E-state index contributed by atoms with van der Waals surface area (Å²) in [6.45, 7) is 0. The van der Waals surface area contributed by atoms with Gasteiger partial charge in [-0.15, -0.1) is 0 Å². The van der Waals surface area contributed by atoms with E-state index in [9.17, 15) is 22.6 Å². The van der Waals surface area contributed by atoms with Gasteiger partial charge in [-0.2, -0.15) is 8.42 Å². The van der Waals surface area contributed by atoms with Gasteiger partial charge in [0.05, 0.1) is 12.8 Å². The monoisotopic (exact) mass is 383 g/mol. The first-order valence-corrected chi connectivity index (χ1v) is 9.33. The standard InChI is InChI=1S/C19H13NO6S/c1-26-12-7-5-11(6-8-12)20-18(21)14-4-2-3-13-16(27(23,24)25)10-9-15(17(13)14)19(20)22/h2-10H,1H3,(H,23,24,25). The number of rotatable bonds is 3. The van der Waals surface area contributed by atoms with Gasteiger partial charge in [0.2, 0.25) is 0 Å². The van der Waals surface area contributed by atoms with Gasteiger partial charge in [-0.3, -0.25) is 14.1 Å². The van der Waals surface area contributed by atoms with Crippen LogP contribution in [0.15, 0.2) is 59.5 Å². The summed E-state index contributed by atoms with van der Waals surface area (Å²) in [6.07, 6.45) is 0. The molecular weight excluding hydrogens is 370 g/mol. The first-order valence-electron chi connectivity index (χ1n) is 7.89. The van der Waals surface area contributed by atoms with Gasteiger partial charge in [0, 0.05) is 21.9 Å². The average Bonchev–Trinajstić information content (AvgIpc) is 2.65. The van der Waals surface area contributed by atoms with Gasteiger partial charge < -0.3 is 4.74 Å². The second-order valence-electron chi connectivity index (χ2n) is 5.96. The van der Waals surface area contributed by atoms with E-state index in [1.165, 1.54) is 31.4 Å². The number of nitrogens with zero attached hydrogens (tertiary/aromatic N) is 1. The molecule has 3 aromatic carbocycles. The molecule has 7 nitrogen and oxygen atoms in total. The van der Waals surface area contributed by atoms with Crippen molar-refractivity contribution >= 4 is 38.4 Å². The molecule has 136 valence electrons. The van der Waals surface area contributed by atoms with E-state index in [0.29, 0.717) is 11.4 Å². The van der Waals surface area contributed by atoms with Crippen LogP contribution in [0, 0.1) is 0 Å². The SMILES string of the molecule is COc1ccc(N2C(=O)c3cccc4c(S(=O)(=O)O)ccc(c34)C2=O)cc1. The molecule has 0 saturated carbocycles. The Hall–Kier alpha value is -3.23. The van der Waals surface area contributed by atoms with Crippen molar-refractivity contribution in [2.24, 2.45) is 0 Å². The van der Waals surface area contributed by atoms with E-state index in [-0.39, 0.29) is 26.8 Å². The first-order chi connectivity index (χ1) is 12.8. The van der Waals surface area contributed by atoms with Crippen LogP contribution in [0.5, 0.6) is 5.75 Å². The van der Waals surface area contributed by atoms with Crippen molar-refractivity contribution in [2.45, 2.75) is 4.90 Å². The van der Waals surface area contributed by atoms with Crippen LogP contribution < -0.4 is 9.64 Å². The van der Waals surface area contributed by atoms with E-state index in [2.05, 4.69) is 0 Å². The van der Waals surface area contributed by atoms with Gasteiger partial charge in [0.15, 0.2) is 0 Å². The largest absolute Gasteiger partial charge is 0.497 e. The summed E-state index contributed by atoms with van der Waals surface area (Å²) < 4.78 is 37.8. The van der Waals surface area contributed by atoms with Crippen LogP contribution >= 0.6 is 0 Å². The molecule has 27 heavy (non-hydrogen) atoms. The zero-order valence-electron chi connectivity index (χ0n) is 14.0.